The Bertz CT molecular complexity index is 663. The number of furan rings is 1. The molecule has 124 valence electrons. The molecule has 0 unspecified atom stereocenters. The Balaban J connectivity index is 1.32. The van der Waals surface area contributed by atoms with Crippen LogP contribution in [0.2, 0.25) is 0 Å². The Morgan fingerprint density at radius 3 is 2.96 bits per heavy atom. The van der Waals surface area contributed by atoms with Crippen LogP contribution in [-0.2, 0) is 18.3 Å². The molecular weight excluding hydrogens is 290 g/mol. The normalized spacial score (nSPS) is 30.5. The van der Waals surface area contributed by atoms with E-state index >= 15 is 0 Å². The molecule has 4 rings (SSSR count). The van der Waals surface area contributed by atoms with Crippen LogP contribution in [0.5, 0.6) is 0 Å². The molecule has 5 nitrogen and oxygen atoms in total. The molecule has 4 atom stereocenters. The Labute approximate surface area is 137 Å². The molecule has 1 saturated heterocycles. The summed E-state index contributed by atoms with van der Waals surface area (Å²) in [7, 11) is 2.02. The summed E-state index contributed by atoms with van der Waals surface area (Å²) < 4.78 is 13.9. The van der Waals surface area contributed by atoms with Gasteiger partial charge in [-0.25, -0.2) is 4.98 Å². The molecule has 0 radical (unpaired) electrons. The molecule has 1 aliphatic heterocycles. The third-order valence-electron chi connectivity index (χ3n) is 5.19. The van der Waals surface area contributed by atoms with Crippen LogP contribution in [0.25, 0.3) is 0 Å². The molecule has 2 aromatic rings. The number of aryl methyl sites for hydroxylation is 1. The van der Waals surface area contributed by atoms with Crippen molar-refractivity contribution >= 4 is 0 Å². The molecule has 2 aliphatic rings. The second-order valence-electron chi connectivity index (χ2n) is 7.01. The molecular formula is C18H25N3O2. The van der Waals surface area contributed by atoms with E-state index in [1.165, 1.54) is 6.42 Å². The van der Waals surface area contributed by atoms with Crippen molar-refractivity contribution in [2.75, 3.05) is 6.61 Å². The first-order chi connectivity index (χ1) is 11.2. The smallest absolute Gasteiger partial charge is 0.117 e. The zero-order valence-corrected chi connectivity index (χ0v) is 13.9. The van der Waals surface area contributed by atoms with Crippen molar-refractivity contribution in [3.05, 3.63) is 41.9 Å². The Kier molecular flexibility index (Phi) is 3.99. The summed E-state index contributed by atoms with van der Waals surface area (Å²) in [6.07, 6.45) is 7.16. The van der Waals surface area contributed by atoms with Gasteiger partial charge in [0.15, 0.2) is 0 Å². The molecule has 1 N–H and O–H groups in total. The third-order valence-corrected chi connectivity index (χ3v) is 5.19. The van der Waals surface area contributed by atoms with Crippen LogP contribution >= 0.6 is 0 Å². The first kappa shape index (κ1) is 15.0. The average molecular weight is 315 g/mol. The van der Waals surface area contributed by atoms with E-state index in [1.54, 1.807) is 0 Å². The van der Waals surface area contributed by atoms with Crippen molar-refractivity contribution in [1.82, 2.24) is 14.9 Å². The van der Waals surface area contributed by atoms with E-state index in [9.17, 15) is 0 Å². The Morgan fingerprint density at radius 2 is 2.22 bits per heavy atom. The molecule has 0 spiro atoms. The van der Waals surface area contributed by atoms with E-state index in [1.807, 2.05) is 24.1 Å². The molecule has 1 aliphatic carbocycles. The van der Waals surface area contributed by atoms with Crippen LogP contribution in [-0.4, -0.2) is 22.2 Å². The van der Waals surface area contributed by atoms with Crippen LogP contribution in [0, 0.1) is 5.92 Å². The molecule has 1 saturated carbocycles. The van der Waals surface area contributed by atoms with Crippen LogP contribution in [0.1, 0.15) is 55.4 Å². The fourth-order valence-corrected chi connectivity index (χ4v) is 3.52. The maximum Gasteiger partial charge on any atom is 0.117 e. The predicted octanol–water partition coefficient (Wildman–Crippen LogP) is 3.15. The summed E-state index contributed by atoms with van der Waals surface area (Å²) in [5.74, 6) is 3.65. The molecule has 2 aromatic heterocycles. The first-order valence-corrected chi connectivity index (χ1v) is 8.60. The van der Waals surface area contributed by atoms with Gasteiger partial charge < -0.3 is 19.0 Å². The lowest BCUT2D eigenvalue weighted by Gasteiger charge is -2.30. The summed E-state index contributed by atoms with van der Waals surface area (Å²) >= 11 is 0. The lowest BCUT2D eigenvalue weighted by atomic mass is 10.0. The minimum Gasteiger partial charge on any atom is -0.464 e. The van der Waals surface area contributed by atoms with Crippen molar-refractivity contribution in [2.24, 2.45) is 13.0 Å². The van der Waals surface area contributed by atoms with Gasteiger partial charge in [-0.15, -0.1) is 0 Å². The standard InChI is InChI=1S/C18H25N3O2/c1-12-7-15(12)17-4-3-14(23-17)9-20-13-5-6-22-18(8-13)16-10-19-11-21(16)2/h3-4,10-13,15,18,20H,5-9H2,1-2H3/t12-,13-,15+,18-/m1/s1. The molecule has 0 bridgehead atoms. The number of ether oxygens (including phenoxy) is 1. The monoisotopic (exact) mass is 315 g/mol. The van der Waals surface area contributed by atoms with Gasteiger partial charge in [-0.3, -0.25) is 0 Å². The van der Waals surface area contributed by atoms with E-state index in [0.29, 0.717) is 12.0 Å². The minimum absolute atomic E-state index is 0.133. The van der Waals surface area contributed by atoms with Crippen molar-refractivity contribution in [1.29, 1.82) is 0 Å². The number of imidazole rings is 1. The number of aromatic nitrogens is 2. The van der Waals surface area contributed by atoms with Crippen LogP contribution in [0.3, 0.4) is 0 Å². The van der Waals surface area contributed by atoms with Gasteiger partial charge in [0.05, 0.1) is 24.8 Å². The maximum atomic E-state index is 5.98. The zero-order valence-electron chi connectivity index (χ0n) is 13.9. The fraction of sp³-hybridized carbons (Fsp3) is 0.611. The summed E-state index contributed by atoms with van der Waals surface area (Å²) in [4.78, 5) is 4.19. The van der Waals surface area contributed by atoms with E-state index in [4.69, 9.17) is 9.15 Å². The van der Waals surface area contributed by atoms with E-state index in [2.05, 4.69) is 29.4 Å². The topological polar surface area (TPSA) is 52.2 Å². The summed E-state index contributed by atoms with van der Waals surface area (Å²) in [6, 6.07) is 4.72. The van der Waals surface area contributed by atoms with Crippen molar-refractivity contribution in [3.8, 4) is 0 Å². The number of hydrogen-bond acceptors (Lipinski definition) is 4. The second-order valence-corrected chi connectivity index (χ2v) is 7.01. The minimum atomic E-state index is 0.133. The molecule has 5 heteroatoms. The largest absolute Gasteiger partial charge is 0.464 e. The van der Waals surface area contributed by atoms with Crippen LogP contribution < -0.4 is 5.32 Å². The van der Waals surface area contributed by atoms with Gasteiger partial charge >= 0.3 is 0 Å². The van der Waals surface area contributed by atoms with Gasteiger partial charge in [0.2, 0.25) is 0 Å². The van der Waals surface area contributed by atoms with Gasteiger partial charge in [0, 0.05) is 25.6 Å². The van der Waals surface area contributed by atoms with Gasteiger partial charge in [0.1, 0.15) is 17.6 Å². The highest BCUT2D eigenvalue weighted by Gasteiger charge is 2.36. The molecule has 0 aromatic carbocycles. The van der Waals surface area contributed by atoms with Gasteiger partial charge in [-0.05, 0) is 37.3 Å². The first-order valence-electron chi connectivity index (χ1n) is 8.60. The molecule has 2 fully saturated rings. The number of nitrogens with zero attached hydrogens (tertiary/aromatic N) is 2. The predicted molar refractivity (Wildman–Crippen MR) is 87.0 cm³/mol. The van der Waals surface area contributed by atoms with Gasteiger partial charge in [-0.1, -0.05) is 6.92 Å². The zero-order chi connectivity index (χ0) is 15.8. The fourth-order valence-electron chi connectivity index (χ4n) is 3.52. The Hall–Kier alpha value is -1.59. The highest BCUT2D eigenvalue weighted by Crippen LogP contribution is 2.47. The Morgan fingerprint density at radius 1 is 1.35 bits per heavy atom. The van der Waals surface area contributed by atoms with Crippen LogP contribution in [0.15, 0.2) is 29.1 Å². The van der Waals surface area contributed by atoms with Gasteiger partial charge in [0.25, 0.3) is 0 Å². The lowest BCUT2D eigenvalue weighted by molar-refractivity contribution is -0.00431. The third kappa shape index (κ3) is 3.21. The molecule has 0 amide bonds. The highest BCUT2D eigenvalue weighted by atomic mass is 16.5. The SMILES string of the molecule is C[C@@H]1C[C@@H]1c1ccc(CN[C@@H]2CCO[C@@H](c3cncn3C)C2)o1. The average Bonchev–Trinajstić information content (AvgIpc) is 2.96. The maximum absolute atomic E-state index is 5.98. The van der Waals surface area contributed by atoms with Crippen molar-refractivity contribution < 1.29 is 9.15 Å². The van der Waals surface area contributed by atoms with Gasteiger partial charge in [-0.2, -0.15) is 0 Å². The van der Waals surface area contributed by atoms with E-state index in [0.717, 1.165) is 49.1 Å². The second kappa shape index (κ2) is 6.13. The van der Waals surface area contributed by atoms with E-state index in [-0.39, 0.29) is 6.10 Å². The quantitative estimate of drug-likeness (QED) is 0.921. The van der Waals surface area contributed by atoms with Crippen LogP contribution in [0.4, 0.5) is 0 Å². The van der Waals surface area contributed by atoms with Crippen molar-refractivity contribution in [2.45, 2.75) is 50.8 Å². The lowest BCUT2D eigenvalue weighted by Crippen LogP contribution is -2.36. The summed E-state index contributed by atoms with van der Waals surface area (Å²) in [5, 5.41) is 3.63. The summed E-state index contributed by atoms with van der Waals surface area (Å²) in [5.41, 5.74) is 1.15. The molecule has 23 heavy (non-hydrogen) atoms. The molecule has 3 heterocycles. The van der Waals surface area contributed by atoms with Crippen molar-refractivity contribution in [3.63, 3.8) is 0 Å². The number of nitrogens with one attached hydrogen (secondary N) is 1. The summed E-state index contributed by atoms with van der Waals surface area (Å²) in [6.45, 7) is 3.87. The number of rotatable bonds is 5. The number of hydrogen-bond donors (Lipinski definition) is 1. The highest BCUT2D eigenvalue weighted by molar-refractivity contribution is 5.17. The van der Waals surface area contributed by atoms with E-state index < -0.39 is 0 Å².